The van der Waals surface area contributed by atoms with Crippen LogP contribution in [0.1, 0.15) is 23.7 Å². The average Bonchev–Trinajstić information content (AvgIpc) is 2.82. The van der Waals surface area contributed by atoms with E-state index in [1.807, 2.05) is 25.4 Å². The summed E-state index contributed by atoms with van der Waals surface area (Å²) in [7, 11) is 6.30. The highest BCUT2D eigenvalue weighted by molar-refractivity contribution is 5.35. The molecule has 176 valence electrons. The van der Waals surface area contributed by atoms with Gasteiger partial charge in [-0.2, -0.15) is 0 Å². The van der Waals surface area contributed by atoms with Gasteiger partial charge >= 0.3 is 0 Å². The largest absolute Gasteiger partial charge is 0.485 e. The Morgan fingerprint density at radius 1 is 1.06 bits per heavy atom. The average molecular weight is 447 g/mol. The minimum Gasteiger partial charge on any atom is -0.485 e. The molecule has 0 saturated carbocycles. The van der Waals surface area contributed by atoms with E-state index in [2.05, 4.69) is 95.8 Å². The first-order chi connectivity index (χ1) is 16.1. The summed E-state index contributed by atoms with van der Waals surface area (Å²) in [5, 5.41) is 3.25. The minimum atomic E-state index is 0.0203. The van der Waals surface area contributed by atoms with Crippen molar-refractivity contribution in [3.63, 3.8) is 0 Å². The maximum absolute atomic E-state index is 6.57. The van der Waals surface area contributed by atoms with E-state index in [0.717, 1.165) is 50.6 Å². The fraction of sp³-hybridized carbons (Fsp3) is 0.357. The van der Waals surface area contributed by atoms with Gasteiger partial charge < -0.3 is 24.8 Å². The molecule has 1 unspecified atom stereocenters. The zero-order valence-corrected chi connectivity index (χ0v) is 20.3. The number of hydrogen-bond donors (Lipinski definition) is 1. The Morgan fingerprint density at radius 3 is 2.48 bits per heavy atom. The van der Waals surface area contributed by atoms with E-state index >= 15 is 0 Å². The van der Waals surface area contributed by atoms with E-state index in [0.29, 0.717) is 0 Å². The zero-order chi connectivity index (χ0) is 23.6. The van der Waals surface area contributed by atoms with Crippen LogP contribution in [0.2, 0.25) is 0 Å². The molecule has 3 rings (SSSR count). The molecule has 0 aliphatic carbocycles. The van der Waals surface area contributed by atoms with Crippen LogP contribution >= 0.6 is 0 Å². The van der Waals surface area contributed by atoms with Crippen molar-refractivity contribution < 1.29 is 4.74 Å². The van der Waals surface area contributed by atoms with Crippen LogP contribution in [0.5, 0.6) is 5.75 Å². The Balaban J connectivity index is 1.62. The standard InChI is InChI=1S/C28H38N4O/c1-6-25-26(22-32(25)7-2)31(5)20-19-30(4)21-24-15-11-12-16-27(24)33-28(17-18-29-3)23-13-9-8-10-14-23/h6-16,28-29H,1-2,17-22H2,3-5H3. The number of nitrogens with zero attached hydrogens (tertiary/aromatic N) is 3. The highest BCUT2D eigenvalue weighted by Gasteiger charge is 2.24. The van der Waals surface area contributed by atoms with Gasteiger partial charge in [0.05, 0.1) is 17.9 Å². The molecule has 1 aliphatic heterocycles. The predicted octanol–water partition coefficient (Wildman–Crippen LogP) is 4.64. The third-order valence-corrected chi connectivity index (χ3v) is 6.13. The molecular formula is C28H38N4O. The van der Waals surface area contributed by atoms with Crippen LogP contribution in [0.4, 0.5) is 0 Å². The van der Waals surface area contributed by atoms with Gasteiger partial charge in [-0.3, -0.25) is 0 Å². The Morgan fingerprint density at radius 2 is 1.79 bits per heavy atom. The van der Waals surface area contributed by atoms with Crippen molar-refractivity contribution in [3.05, 3.63) is 103 Å². The van der Waals surface area contributed by atoms with Crippen LogP contribution in [0.25, 0.3) is 0 Å². The smallest absolute Gasteiger partial charge is 0.125 e. The summed E-state index contributed by atoms with van der Waals surface area (Å²) < 4.78 is 6.57. The second-order valence-corrected chi connectivity index (χ2v) is 8.52. The van der Waals surface area contributed by atoms with E-state index < -0.39 is 0 Å². The summed E-state index contributed by atoms with van der Waals surface area (Å²) in [5.41, 5.74) is 4.89. The molecule has 0 saturated heterocycles. The first-order valence-electron chi connectivity index (χ1n) is 11.7. The number of nitrogens with one attached hydrogen (secondary N) is 1. The molecule has 5 nitrogen and oxygen atoms in total. The lowest BCUT2D eigenvalue weighted by Crippen LogP contribution is -2.41. The zero-order valence-electron chi connectivity index (χ0n) is 20.3. The van der Waals surface area contributed by atoms with E-state index in [9.17, 15) is 0 Å². The van der Waals surface area contributed by atoms with Crippen LogP contribution in [0, 0.1) is 0 Å². The molecule has 1 aliphatic rings. The number of allylic oxidation sites excluding steroid dienone is 1. The Bertz CT molecular complexity index is 940. The lowest BCUT2D eigenvalue weighted by atomic mass is 10.1. The summed E-state index contributed by atoms with van der Waals surface area (Å²) in [4.78, 5) is 6.79. The molecule has 0 radical (unpaired) electrons. The van der Waals surface area contributed by atoms with Crippen molar-refractivity contribution in [1.29, 1.82) is 0 Å². The number of para-hydroxylation sites is 1. The second-order valence-electron chi connectivity index (χ2n) is 8.52. The van der Waals surface area contributed by atoms with Gasteiger partial charge in [0.25, 0.3) is 0 Å². The molecule has 33 heavy (non-hydrogen) atoms. The highest BCUT2D eigenvalue weighted by atomic mass is 16.5. The van der Waals surface area contributed by atoms with E-state index in [1.165, 1.54) is 16.8 Å². The first-order valence-corrected chi connectivity index (χ1v) is 11.7. The minimum absolute atomic E-state index is 0.0203. The topological polar surface area (TPSA) is 31.0 Å². The molecule has 2 aromatic carbocycles. The molecule has 1 atom stereocenters. The van der Waals surface area contributed by atoms with Gasteiger partial charge in [0.1, 0.15) is 11.9 Å². The van der Waals surface area contributed by atoms with Crippen molar-refractivity contribution in [2.75, 3.05) is 47.3 Å². The van der Waals surface area contributed by atoms with E-state index in [4.69, 9.17) is 4.74 Å². The van der Waals surface area contributed by atoms with Crippen molar-refractivity contribution in [3.8, 4) is 5.75 Å². The molecule has 0 amide bonds. The van der Waals surface area contributed by atoms with Gasteiger partial charge in [0.2, 0.25) is 0 Å². The lowest BCUT2D eigenvalue weighted by Gasteiger charge is -2.40. The molecule has 1 N–H and O–H groups in total. The fourth-order valence-corrected chi connectivity index (χ4v) is 4.08. The van der Waals surface area contributed by atoms with Gasteiger partial charge in [-0.05, 0) is 44.5 Å². The van der Waals surface area contributed by atoms with Crippen LogP contribution in [-0.4, -0.2) is 62.0 Å². The maximum Gasteiger partial charge on any atom is 0.125 e. The summed E-state index contributed by atoms with van der Waals surface area (Å²) in [6.45, 7) is 12.3. The van der Waals surface area contributed by atoms with Crippen molar-refractivity contribution in [2.45, 2.75) is 19.1 Å². The van der Waals surface area contributed by atoms with E-state index in [-0.39, 0.29) is 6.10 Å². The molecule has 0 spiro atoms. The number of ether oxygens (including phenoxy) is 1. The number of hydrogen-bond acceptors (Lipinski definition) is 5. The van der Waals surface area contributed by atoms with Gasteiger partial charge in [-0.15, -0.1) is 0 Å². The Kier molecular flexibility index (Phi) is 9.16. The van der Waals surface area contributed by atoms with Crippen LogP contribution in [-0.2, 0) is 6.54 Å². The van der Waals surface area contributed by atoms with Gasteiger partial charge in [-0.1, -0.05) is 61.7 Å². The predicted molar refractivity (Wildman–Crippen MR) is 138 cm³/mol. The van der Waals surface area contributed by atoms with Crippen LogP contribution in [0.15, 0.2) is 91.4 Å². The first kappa shape index (κ1) is 24.6. The fourth-order valence-electron chi connectivity index (χ4n) is 4.08. The van der Waals surface area contributed by atoms with Crippen molar-refractivity contribution in [1.82, 2.24) is 20.0 Å². The summed E-state index contributed by atoms with van der Waals surface area (Å²) in [6.07, 6.45) is 4.70. The molecule has 5 heteroatoms. The van der Waals surface area contributed by atoms with Crippen molar-refractivity contribution in [2.24, 2.45) is 0 Å². The van der Waals surface area contributed by atoms with Gasteiger partial charge in [0.15, 0.2) is 0 Å². The normalized spacial score (nSPS) is 14.1. The van der Waals surface area contributed by atoms with Gasteiger partial charge in [-0.25, -0.2) is 0 Å². The Hall–Kier alpha value is -3.02. The number of likely N-dealkylation sites (N-methyl/N-ethyl adjacent to an activating group) is 2. The van der Waals surface area contributed by atoms with Crippen LogP contribution in [0.3, 0.4) is 0 Å². The Labute approximate surface area is 199 Å². The SMILES string of the molecule is C=CC1=C(N(C)CCN(C)Cc2ccccc2OC(CCNC)c2ccccc2)CN1C=C. The monoisotopic (exact) mass is 446 g/mol. The lowest BCUT2D eigenvalue weighted by molar-refractivity contribution is 0.188. The van der Waals surface area contributed by atoms with Gasteiger partial charge in [0, 0.05) is 38.7 Å². The number of rotatable bonds is 14. The van der Waals surface area contributed by atoms with Crippen molar-refractivity contribution >= 4 is 0 Å². The molecule has 2 aromatic rings. The summed E-state index contributed by atoms with van der Waals surface area (Å²) in [6, 6.07) is 18.9. The third kappa shape index (κ3) is 6.50. The second kappa shape index (κ2) is 12.3. The number of benzene rings is 2. The molecule has 0 fully saturated rings. The summed E-state index contributed by atoms with van der Waals surface area (Å²) in [5.74, 6) is 0.958. The summed E-state index contributed by atoms with van der Waals surface area (Å²) >= 11 is 0. The molecule has 0 bridgehead atoms. The molecule has 0 aromatic heterocycles. The molecular weight excluding hydrogens is 408 g/mol. The molecule has 1 heterocycles. The van der Waals surface area contributed by atoms with Crippen LogP contribution < -0.4 is 10.1 Å². The highest BCUT2D eigenvalue weighted by Crippen LogP contribution is 2.29. The third-order valence-electron chi connectivity index (χ3n) is 6.13. The maximum atomic E-state index is 6.57. The van der Waals surface area contributed by atoms with E-state index in [1.54, 1.807) is 0 Å². The quantitative estimate of drug-likeness (QED) is 0.457.